The van der Waals surface area contributed by atoms with E-state index in [0.29, 0.717) is 17.2 Å². The van der Waals surface area contributed by atoms with E-state index in [1.807, 2.05) is 30.3 Å². The Morgan fingerprint density at radius 1 is 1.00 bits per heavy atom. The van der Waals surface area contributed by atoms with Gasteiger partial charge in [-0.1, -0.05) is 36.4 Å². The molecular weight excluding hydrogens is 360 g/mol. The summed E-state index contributed by atoms with van der Waals surface area (Å²) in [5, 5.41) is 14.1. The van der Waals surface area contributed by atoms with Crippen LogP contribution >= 0.6 is 0 Å². The van der Waals surface area contributed by atoms with E-state index in [4.69, 9.17) is 0 Å². The highest BCUT2D eigenvalue weighted by Gasteiger charge is 2.25. The summed E-state index contributed by atoms with van der Waals surface area (Å²) in [4.78, 5) is 11.8. The van der Waals surface area contributed by atoms with Crippen molar-refractivity contribution in [2.24, 2.45) is 0 Å². The smallest absolute Gasteiger partial charge is 0.337 e. The van der Waals surface area contributed by atoms with Crippen LogP contribution in [0.5, 0.6) is 0 Å². The maximum Gasteiger partial charge on any atom is 0.337 e. The Hall–Kier alpha value is -3.53. The summed E-state index contributed by atoms with van der Waals surface area (Å²) in [5.41, 5.74) is 5.38. The number of aromatic nitrogens is 1. The molecule has 29 heavy (non-hydrogen) atoms. The molecule has 2 N–H and O–H groups in total. The normalized spacial score (nSPS) is 13.5. The van der Waals surface area contributed by atoms with Crippen molar-refractivity contribution in [2.75, 3.05) is 5.32 Å². The van der Waals surface area contributed by atoms with Gasteiger partial charge in [-0.3, -0.25) is 0 Å². The van der Waals surface area contributed by atoms with Gasteiger partial charge in [-0.2, -0.15) is 0 Å². The fourth-order valence-corrected chi connectivity index (χ4v) is 3.87. The van der Waals surface area contributed by atoms with Gasteiger partial charge in [0.1, 0.15) is 0 Å². The summed E-state index contributed by atoms with van der Waals surface area (Å²) in [6.45, 7) is 0.822. The van der Waals surface area contributed by atoms with Crippen LogP contribution in [0.2, 0.25) is 0 Å². The lowest BCUT2D eigenvalue weighted by molar-refractivity contribution is 0.0698. The summed E-state index contributed by atoms with van der Waals surface area (Å²) in [7, 11) is 0. The van der Waals surface area contributed by atoms with Crippen LogP contribution in [0.25, 0.3) is 10.9 Å². The van der Waals surface area contributed by atoms with Gasteiger partial charge in [0.15, 0.2) is 0 Å². The van der Waals surface area contributed by atoms with Gasteiger partial charge in [-0.15, -0.1) is 0 Å². The Bertz CT molecular complexity index is 1190. The van der Waals surface area contributed by atoms with Gasteiger partial charge in [0.2, 0.25) is 0 Å². The quantitative estimate of drug-likeness (QED) is 0.429. The number of nitrogens with zero attached hydrogens (tertiary/aromatic N) is 1. The van der Waals surface area contributed by atoms with Crippen molar-refractivity contribution in [2.45, 2.75) is 25.3 Å². The summed E-state index contributed by atoms with van der Waals surface area (Å²) < 4.78 is 2.22. The van der Waals surface area contributed by atoms with Gasteiger partial charge >= 0.3 is 5.97 Å². The molecule has 0 unspecified atom stereocenters. The van der Waals surface area contributed by atoms with Gasteiger partial charge in [-0.25, -0.2) is 4.79 Å². The summed E-state index contributed by atoms with van der Waals surface area (Å²) in [6, 6.07) is 24.4. The summed E-state index contributed by atoms with van der Waals surface area (Å²) >= 11 is 0. The van der Waals surface area contributed by atoms with E-state index in [1.165, 1.54) is 5.56 Å². The van der Waals surface area contributed by atoms with Crippen LogP contribution in [-0.4, -0.2) is 15.6 Å². The molecule has 0 amide bonds. The van der Waals surface area contributed by atoms with Crippen molar-refractivity contribution in [3.05, 3.63) is 95.7 Å². The Labute approximate surface area is 169 Å². The molecule has 1 aliphatic rings. The average Bonchev–Trinajstić information content (AvgIpc) is 3.51. The van der Waals surface area contributed by atoms with Gasteiger partial charge in [0.05, 0.1) is 11.3 Å². The molecule has 3 aromatic carbocycles. The molecule has 0 radical (unpaired) electrons. The zero-order valence-corrected chi connectivity index (χ0v) is 16.0. The maximum atomic E-state index is 11.8. The molecule has 0 aliphatic heterocycles. The monoisotopic (exact) mass is 382 g/mol. The van der Waals surface area contributed by atoms with Gasteiger partial charge < -0.3 is 15.0 Å². The average molecular weight is 382 g/mol. The number of carboxylic acids is 1. The van der Waals surface area contributed by atoms with Crippen LogP contribution in [0.15, 0.2) is 79.0 Å². The molecule has 144 valence electrons. The van der Waals surface area contributed by atoms with Crippen LogP contribution in [0.1, 0.15) is 40.2 Å². The molecule has 4 aromatic rings. The molecule has 1 aliphatic carbocycles. The van der Waals surface area contributed by atoms with Crippen LogP contribution in [0.4, 0.5) is 11.4 Å². The number of carboxylic acid groups (broad SMARTS) is 1. The van der Waals surface area contributed by atoms with E-state index in [9.17, 15) is 9.90 Å². The second kappa shape index (κ2) is 7.13. The summed E-state index contributed by atoms with van der Waals surface area (Å²) in [5.74, 6) is -0.368. The van der Waals surface area contributed by atoms with Crippen molar-refractivity contribution in [3.8, 4) is 0 Å². The first kappa shape index (κ1) is 17.6. The summed E-state index contributed by atoms with van der Waals surface area (Å²) in [6.07, 6.45) is 4.40. The molecule has 0 spiro atoms. The van der Waals surface area contributed by atoms with Crippen LogP contribution < -0.4 is 5.32 Å². The largest absolute Gasteiger partial charge is 0.478 e. The second-order valence-corrected chi connectivity index (χ2v) is 7.71. The first-order chi connectivity index (χ1) is 14.2. The van der Waals surface area contributed by atoms with Gasteiger partial charge in [-0.05, 0) is 66.3 Å². The lowest BCUT2D eigenvalue weighted by Crippen LogP contribution is -2.04. The number of nitrogens with one attached hydrogen (secondary N) is 1. The Balaban J connectivity index is 1.42. The first-order valence-electron chi connectivity index (χ1n) is 9.94. The van der Waals surface area contributed by atoms with Gasteiger partial charge in [0.25, 0.3) is 0 Å². The van der Waals surface area contributed by atoms with E-state index < -0.39 is 5.97 Å². The molecule has 5 rings (SSSR count). The Kier molecular flexibility index (Phi) is 4.32. The molecule has 0 atom stereocenters. The molecule has 4 heteroatoms. The zero-order valence-electron chi connectivity index (χ0n) is 16.0. The van der Waals surface area contributed by atoms with Crippen molar-refractivity contribution < 1.29 is 9.90 Å². The fourth-order valence-electron chi connectivity index (χ4n) is 3.87. The number of carbonyl (C=O) groups is 1. The molecule has 0 bridgehead atoms. The van der Waals surface area contributed by atoms with E-state index in [1.54, 1.807) is 0 Å². The first-order valence-corrected chi connectivity index (χ1v) is 9.94. The SMILES string of the molecule is O=C(O)c1cc(C2CC2)ccc1Nc1ccc2c(ccn2Cc2ccccc2)c1. The third-order valence-electron chi connectivity index (χ3n) is 5.57. The van der Waals surface area contributed by atoms with Crippen LogP contribution in [0.3, 0.4) is 0 Å². The highest BCUT2D eigenvalue weighted by Crippen LogP contribution is 2.41. The van der Waals surface area contributed by atoms with Gasteiger partial charge in [0, 0.05) is 29.3 Å². The molecule has 1 fully saturated rings. The highest BCUT2D eigenvalue weighted by atomic mass is 16.4. The minimum atomic E-state index is -0.898. The molecular formula is C25H22N2O2. The van der Waals surface area contributed by atoms with Crippen molar-refractivity contribution >= 4 is 28.2 Å². The van der Waals surface area contributed by atoms with E-state index >= 15 is 0 Å². The zero-order chi connectivity index (χ0) is 19.8. The molecule has 0 saturated heterocycles. The lowest BCUT2D eigenvalue weighted by Gasteiger charge is -2.12. The van der Waals surface area contributed by atoms with Crippen molar-refractivity contribution in [3.63, 3.8) is 0 Å². The minimum absolute atomic E-state index is 0.330. The van der Waals surface area contributed by atoms with E-state index in [-0.39, 0.29) is 0 Å². The number of hydrogen-bond donors (Lipinski definition) is 2. The van der Waals surface area contributed by atoms with Crippen molar-refractivity contribution in [1.82, 2.24) is 4.57 Å². The number of benzene rings is 3. The molecule has 4 nitrogen and oxygen atoms in total. The number of fused-ring (bicyclic) bond motifs is 1. The Morgan fingerprint density at radius 3 is 2.59 bits per heavy atom. The number of aromatic carboxylic acids is 1. The third kappa shape index (κ3) is 3.61. The Morgan fingerprint density at radius 2 is 1.83 bits per heavy atom. The fraction of sp³-hybridized carbons (Fsp3) is 0.160. The third-order valence-corrected chi connectivity index (χ3v) is 5.57. The molecule has 1 aromatic heterocycles. The van der Waals surface area contributed by atoms with Crippen molar-refractivity contribution in [1.29, 1.82) is 0 Å². The highest BCUT2D eigenvalue weighted by molar-refractivity contribution is 5.96. The van der Waals surface area contributed by atoms with Crippen LogP contribution in [-0.2, 0) is 6.54 Å². The number of hydrogen-bond acceptors (Lipinski definition) is 2. The number of rotatable bonds is 6. The minimum Gasteiger partial charge on any atom is -0.478 e. The topological polar surface area (TPSA) is 54.3 Å². The van der Waals surface area contributed by atoms with Crippen LogP contribution in [0, 0.1) is 0 Å². The molecule has 1 heterocycles. The predicted molar refractivity (Wildman–Crippen MR) is 116 cm³/mol. The van der Waals surface area contributed by atoms with E-state index in [2.05, 4.69) is 58.5 Å². The standard InChI is InChI=1S/C25H22N2O2/c28-25(29)22-15-19(18-6-7-18)8-10-23(22)26-21-9-11-24-20(14-21)12-13-27(24)16-17-4-2-1-3-5-17/h1-5,8-15,18,26H,6-7,16H2,(H,28,29). The van der Waals surface area contributed by atoms with E-state index in [0.717, 1.165) is 41.5 Å². The number of anilines is 2. The maximum absolute atomic E-state index is 11.8. The molecule has 1 saturated carbocycles. The second-order valence-electron chi connectivity index (χ2n) is 7.71. The predicted octanol–water partition coefficient (Wildman–Crippen LogP) is 6.01. The lowest BCUT2D eigenvalue weighted by atomic mass is 10.0.